The number of hydrogen-bond donors (Lipinski definition) is 7. The second kappa shape index (κ2) is 10.8. The summed E-state index contributed by atoms with van der Waals surface area (Å²) in [6.45, 7) is 1.84. The van der Waals surface area contributed by atoms with E-state index in [1.165, 1.54) is 0 Å². The molecule has 0 aliphatic carbocycles. The van der Waals surface area contributed by atoms with E-state index in [0.717, 1.165) is 0 Å². The molecular weight excluding hydrogens is 269 g/mol. The molecule has 0 atom stereocenters. The fraction of sp³-hybridized carbons (Fsp3) is 1.00. The van der Waals surface area contributed by atoms with Crippen LogP contribution in [0.3, 0.4) is 0 Å². The first-order valence-electron chi connectivity index (χ1n) is 5.31. The summed E-state index contributed by atoms with van der Waals surface area (Å²) >= 11 is 0. The minimum absolute atomic E-state index is 0. The predicted octanol–water partition coefficient (Wildman–Crippen LogP) is -3.16. The molecule has 0 unspecified atom stereocenters. The smallest absolute Gasteiger partial charge is 0.391 e. The van der Waals surface area contributed by atoms with E-state index < -0.39 is 7.82 Å². The Balaban J connectivity index is 0. The first-order chi connectivity index (χ1) is 8.24. The highest BCUT2D eigenvalue weighted by atomic mass is 31.2. The lowest BCUT2D eigenvalue weighted by molar-refractivity contribution is -0.929. The van der Waals surface area contributed by atoms with E-state index in [2.05, 4.69) is 0 Å². The van der Waals surface area contributed by atoms with Crippen LogP contribution >= 0.6 is 7.82 Å². The van der Waals surface area contributed by atoms with Gasteiger partial charge in [0.15, 0.2) is 0 Å². The van der Waals surface area contributed by atoms with E-state index in [4.69, 9.17) is 39.7 Å². The van der Waals surface area contributed by atoms with Gasteiger partial charge in [0.1, 0.15) is 26.2 Å². The molecule has 0 heterocycles. The third-order valence-corrected chi connectivity index (χ3v) is 2.30. The molecule has 0 aromatic heterocycles. The summed E-state index contributed by atoms with van der Waals surface area (Å²) < 4.78 is 9.26. The first kappa shape index (κ1) is 20.2. The van der Waals surface area contributed by atoms with E-state index in [0.29, 0.717) is 30.7 Å². The van der Waals surface area contributed by atoms with Crippen molar-refractivity contribution in [1.82, 2.24) is 0 Å². The predicted molar refractivity (Wildman–Crippen MR) is 62.3 cm³/mol. The van der Waals surface area contributed by atoms with Gasteiger partial charge < -0.3 is 39.6 Å². The zero-order valence-corrected chi connectivity index (χ0v) is 11.0. The first-order valence-corrected chi connectivity index (χ1v) is 6.88. The van der Waals surface area contributed by atoms with Crippen molar-refractivity contribution < 1.29 is 44.2 Å². The van der Waals surface area contributed by atoms with Crippen LogP contribution in [0.4, 0.5) is 0 Å². The van der Waals surface area contributed by atoms with Crippen LogP contribution in [0.1, 0.15) is 0 Å². The van der Waals surface area contributed by atoms with Crippen LogP contribution in [0.15, 0.2) is 0 Å². The number of hydrogen-bond acceptors (Lipinski definition) is 5. The Morgan fingerprint density at radius 1 is 0.667 bits per heavy atom. The second-order valence-electron chi connectivity index (χ2n) is 3.64. The third kappa shape index (κ3) is 14.0. The maximum absolute atomic E-state index is 8.88. The van der Waals surface area contributed by atoms with Gasteiger partial charge in [-0.1, -0.05) is 0 Å². The number of aliphatic hydroxyl groups excluding tert-OH is 4. The van der Waals surface area contributed by atoms with E-state index in [9.17, 15) is 0 Å². The SMILES string of the molecule is O=P(O)(O)O.OCC[N+](CCO)(CCO)CCO. The maximum atomic E-state index is 8.88. The highest BCUT2D eigenvalue weighted by molar-refractivity contribution is 7.45. The zero-order chi connectivity index (χ0) is 14.7. The molecular formula is C8H23NO8P+. The molecule has 18 heavy (non-hydrogen) atoms. The molecule has 0 radical (unpaired) electrons. The Hall–Kier alpha value is -0.0900. The van der Waals surface area contributed by atoms with Gasteiger partial charge in [0.2, 0.25) is 0 Å². The molecule has 0 aromatic carbocycles. The Bertz CT molecular complexity index is 195. The van der Waals surface area contributed by atoms with Crippen molar-refractivity contribution in [3.05, 3.63) is 0 Å². The van der Waals surface area contributed by atoms with Crippen molar-refractivity contribution in [2.45, 2.75) is 0 Å². The quantitative estimate of drug-likeness (QED) is 0.182. The van der Waals surface area contributed by atoms with E-state index in [1.54, 1.807) is 0 Å². The summed E-state index contributed by atoms with van der Waals surface area (Å²) in [5.74, 6) is 0. The number of rotatable bonds is 8. The molecule has 0 rings (SSSR count). The molecule has 9 nitrogen and oxygen atoms in total. The van der Waals surface area contributed by atoms with Crippen molar-refractivity contribution in [2.24, 2.45) is 0 Å². The van der Waals surface area contributed by atoms with Crippen molar-refractivity contribution in [3.63, 3.8) is 0 Å². The third-order valence-electron chi connectivity index (χ3n) is 2.30. The molecule has 0 bridgehead atoms. The Morgan fingerprint density at radius 2 is 0.833 bits per heavy atom. The fourth-order valence-corrected chi connectivity index (χ4v) is 1.52. The van der Waals surface area contributed by atoms with Gasteiger partial charge in [-0.3, -0.25) is 0 Å². The van der Waals surface area contributed by atoms with Gasteiger partial charge in [0, 0.05) is 0 Å². The standard InChI is InChI=1S/C8H20NO4.H3O4P/c10-5-1-9(2-6-11,3-7-12)4-8-13;1-5(2,3)4/h10-13H,1-8H2;(H3,1,2,3,4)/q+1;. The number of aliphatic hydroxyl groups is 4. The van der Waals surface area contributed by atoms with Crippen LogP contribution < -0.4 is 0 Å². The van der Waals surface area contributed by atoms with Gasteiger partial charge in [-0.15, -0.1) is 0 Å². The van der Waals surface area contributed by atoms with Crippen LogP contribution in [-0.4, -0.2) is 92.2 Å². The molecule has 0 saturated carbocycles. The average Bonchev–Trinajstić information content (AvgIpc) is 2.16. The minimum Gasteiger partial charge on any atom is -0.391 e. The zero-order valence-electron chi connectivity index (χ0n) is 10.1. The molecule has 10 heteroatoms. The van der Waals surface area contributed by atoms with Crippen LogP contribution in [0.25, 0.3) is 0 Å². The van der Waals surface area contributed by atoms with Gasteiger partial charge in [-0.25, -0.2) is 4.57 Å². The van der Waals surface area contributed by atoms with Crippen molar-refractivity contribution in [2.75, 3.05) is 52.6 Å². The van der Waals surface area contributed by atoms with E-state index >= 15 is 0 Å². The average molecular weight is 292 g/mol. The lowest BCUT2D eigenvalue weighted by Gasteiger charge is -2.36. The van der Waals surface area contributed by atoms with Crippen molar-refractivity contribution in [1.29, 1.82) is 0 Å². The molecule has 0 aromatic rings. The molecule has 0 aliphatic heterocycles. The minimum atomic E-state index is -4.64. The number of phosphoric acid groups is 1. The maximum Gasteiger partial charge on any atom is 0.466 e. The number of nitrogens with zero attached hydrogens (tertiary/aromatic N) is 1. The van der Waals surface area contributed by atoms with Crippen LogP contribution in [0, 0.1) is 0 Å². The summed E-state index contributed by atoms with van der Waals surface area (Å²) in [7, 11) is -4.64. The molecule has 0 aliphatic rings. The lowest BCUT2D eigenvalue weighted by Crippen LogP contribution is -2.54. The summed E-state index contributed by atoms with van der Waals surface area (Å²) in [4.78, 5) is 21.6. The Kier molecular flexibility index (Phi) is 12.1. The van der Waals surface area contributed by atoms with E-state index in [-0.39, 0.29) is 26.4 Å². The van der Waals surface area contributed by atoms with Crippen LogP contribution in [-0.2, 0) is 4.57 Å². The van der Waals surface area contributed by atoms with Gasteiger partial charge in [0.25, 0.3) is 0 Å². The van der Waals surface area contributed by atoms with Crippen molar-refractivity contribution >= 4 is 7.82 Å². The molecule has 0 saturated heterocycles. The largest absolute Gasteiger partial charge is 0.466 e. The van der Waals surface area contributed by atoms with Crippen molar-refractivity contribution in [3.8, 4) is 0 Å². The summed E-state index contributed by atoms with van der Waals surface area (Å²) in [6.07, 6.45) is 0. The molecule has 0 amide bonds. The Morgan fingerprint density at radius 3 is 0.944 bits per heavy atom. The molecule has 112 valence electrons. The fourth-order valence-electron chi connectivity index (χ4n) is 1.52. The highest BCUT2D eigenvalue weighted by Gasteiger charge is 2.24. The van der Waals surface area contributed by atoms with E-state index in [1.807, 2.05) is 0 Å². The Labute approximate surface area is 105 Å². The van der Waals surface area contributed by atoms with Gasteiger partial charge >= 0.3 is 7.82 Å². The summed E-state index contributed by atoms with van der Waals surface area (Å²) in [6, 6.07) is 0. The monoisotopic (exact) mass is 292 g/mol. The molecule has 0 spiro atoms. The topological polar surface area (TPSA) is 159 Å². The second-order valence-corrected chi connectivity index (χ2v) is 4.67. The van der Waals surface area contributed by atoms with Gasteiger partial charge in [-0.2, -0.15) is 0 Å². The van der Waals surface area contributed by atoms with Gasteiger partial charge in [0.05, 0.1) is 26.4 Å². The molecule has 7 N–H and O–H groups in total. The lowest BCUT2D eigenvalue weighted by atomic mass is 10.3. The normalized spacial score (nSPS) is 11.9. The molecule has 0 fully saturated rings. The summed E-state index contributed by atoms with van der Waals surface area (Å²) in [5, 5.41) is 35.3. The highest BCUT2D eigenvalue weighted by Crippen LogP contribution is 2.25. The number of quaternary nitrogens is 1. The van der Waals surface area contributed by atoms with Crippen LogP contribution in [0.2, 0.25) is 0 Å². The van der Waals surface area contributed by atoms with Crippen LogP contribution in [0.5, 0.6) is 0 Å². The van der Waals surface area contributed by atoms with Gasteiger partial charge in [-0.05, 0) is 0 Å². The summed E-state index contributed by atoms with van der Waals surface area (Å²) in [5.41, 5.74) is 0.